The minimum Gasteiger partial charge on any atom is -0.360 e. The third kappa shape index (κ3) is 4.47. The van der Waals surface area contributed by atoms with Crippen LogP contribution in [0.5, 0.6) is 0 Å². The summed E-state index contributed by atoms with van der Waals surface area (Å²) in [6.07, 6.45) is 1.58. The normalized spacial score (nSPS) is 16.2. The van der Waals surface area contributed by atoms with E-state index in [1.54, 1.807) is 24.0 Å². The Hall–Kier alpha value is -2.96. The standard InChI is InChI=1S/C21H25N3O4/c1-13-6-7-16(11-14(13)2)18(25)8-9-20(26)24-10-4-5-17(24)21(27)22-19-12-15(3)28-23-19/h6-7,11-12,17H,4-5,8-10H2,1-3H3,(H,22,23,27). The summed E-state index contributed by atoms with van der Waals surface area (Å²) in [6.45, 7) is 6.21. The lowest BCUT2D eigenvalue weighted by Crippen LogP contribution is -2.43. The van der Waals surface area contributed by atoms with Crippen LogP contribution in [-0.4, -0.2) is 40.2 Å². The zero-order valence-electron chi connectivity index (χ0n) is 16.4. The maximum atomic E-state index is 12.6. The number of carbonyl (C=O) groups is 3. The zero-order valence-corrected chi connectivity index (χ0v) is 16.4. The lowest BCUT2D eigenvalue weighted by molar-refractivity contribution is -0.136. The van der Waals surface area contributed by atoms with E-state index in [1.807, 2.05) is 26.0 Å². The Bertz CT molecular complexity index is 903. The van der Waals surface area contributed by atoms with Crippen LogP contribution in [0.25, 0.3) is 0 Å². The number of benzene rings is 1. The van der Waals surface area contributed by atoms with E-state index in [9.17, 15) is 14.4 Å². The van der Waals surface area contributed by atoms with Crippen molar-refractivity contribution in [3.05, 3.63) is 46.7 Å². The fourth-order valence-electron chi connectivity index (χ4n) is 3.40. The number of nitrogens with zero attached hydrogens (tertiary/aromatic N) is 2. The van der Waals surface area contributed by atoms with Gasteiger partial charge in [-0.25, -0.2) is 0 Å². The second kappa shape index (κ2) is 8.37. The number of anilines is 1. The topological polar surface area (TPSA) is 92.5 Å². The summed E-state index contributed by atoms with van der Waals surface area (Å²) in [5.74, 6) is 0.423. The smallest absolute Gasteiger partial charge is 0.248 e. The number of nitrogens with one attached hydrogen (secondary N) is 1. The van der Waals surface area contributed by atoms with E-state index in [2.05, 4.69) is 10.5 Å². The molecule has 0 aliphatic carbocycles. The summed E-state index contributed by atoms with van der Waals surface area (Å²) in [5.41, 5.74) is 2.80. The van der Waals surface area contributed by atoms with Crippen LogP contribution in [-0.2, 0) is 9.59 Å². The first-order valence-corrected chi connectivity index (χ1v) is 9.49. The van der Waals surface area contributed by atoms with Gasteiger partial charge in [0.2, 0.25) is 11.8 Å². The Morgan fingerprint density at radius 1 is 1.14 bits per heavy atom. The van der Waals surface area contributed by atoms with Gasteiger partial charge in [0.05, 0.1) is 0 Å². The highest BCUT2D eigenvalue weighted by atomic mass is 16.5. The van der Waals surface area contributed by atoms with Gasteiger partial charge in [-0.3, -0.25) is 14.4 Å². The lowest BCUT2D eigenvalue weighted by Gasteiger charge is -2.23. The number of aromatic nitrogens is 1. The van der Waals surface area contributed by atoms with E-state index in [0.29, 0.717) is 30.1 Å². The summed E-state index contributed by atoms with van der Waals surface area (Å²) in [4.78, 5) is 39.1. The molecule has 1 aliphatic heterocycles. The maximum Gasteiger partial charge on any atom is 0.248 e. The van der Waals surface area contributed by atoms with E-state index in [4.69, 9.17) is 4.52 Å². The van der Waals surface area contributed by atoms with Crippen molar-refractivity contribution in [2.24, 2.45) is 0 Å². The van der Waals surface area contributed by atoms with Crippen molar-refractivity contribution < 1.29 is 18.9 Å². The van der Waals surface area contributed by atoms with Crippen molar-refractivity contribution in [2.45, 2.75) is 52.5 Å². The van der Waals surface area contributed by atoms with Crippen LogP contribution in [0.1, 0.15) is 52.9 Å². The SMILES string of the molecule is Cc1cc(NC(=O)C2CCCN2C(=O)CCC(=O)c2ccc(C)c(C)c2)no1. The highest BCUT2D eigenvalue weighted by molar-refractivity contribution is 6.00. The fraction of sp³-hybridized carbons (Fsp3) is 0.429. The van der Waals surface area contributed by atoms with Crippen molar-refractivity contribution >= 4 is 23.4 Å². The van der Waals surface area contributed by atoms with Crippen molar-refractivity contribution in [3.8, 4) is 0 Å². The van der Waals surface area contributed by atoms with Gasteiger partial charge in [0.25, 0.3) is 0 Å². The van der Waals surface area contributed by atoms with Crippen LogP contribution in [0.3, 0.4) is 0 Å². The largest absolute Gasteiger partial charge is 0.360 e. The predicted molar refractivity (Wildman–Crippen MR) is 104 cm³/mol. The molecule has 1 aromatic heterocycles. The molecule has 1 aromatic carbocycles. The van der Waals surface area contributed by atoms with Crippen molar-refractivity contribution in [1.82, 2.24) is 10.1 Å². The van der Waals surface area contributed by atoms with Crippen LogP contribution in [0.4, 0.5) is 5.82 Å². The van der Waals surface area contributed by atoms with Gasteiger partial charge in [0.15, 0.2) is 11.6 Å². The first-order valence-electron chi connectivity index (χ1n) is 9.49. The number of ketones is 1. The van der Waals surface area contributed by atoms with Gasteiger partial charge in [-0.05, 0) is 50.8 Å². The highest BCUT2D eigenvalue weighted by Crippen LogP contribution is 2.21. The Labute approximate surface area is 164 Å². The Morgan fingerprint density at radius 2 is 1.93 bits per heavy atom. The van der Waals surface area contributed by atoms with Crippen LogP contribution >= 0.6 is 0 Å². The first kappa shape index (κ1) is 19.8. The fourth-order valence-corrected chi connectivity index (χ4v) is 3.40. The van der Waals surface area contributed by atoms with Gasteiger partial charge in [0.1, 0.15) is 11.8 Å². The molecule has 7 heteroatoms. The van der Waals surface area contributed by atoms with Gasteiger partial charge in [0, 0.05) is 31.0 Å². The molecule has 2 amide bonds. The quantitative estimate of drug-likeness (QED) is 0.774. The summed E-state index contributed by atoms with van der Waals surface area (Å²) >= 11 is 0. The van der Waals surface area contributed by atoms with Crippen LogP contribution < -0.4 is 5.32 Å². The number of amides is 2. The molecule has 2 heterocycles. The molecular weight excluding hydrogens is 358 g/mol. The summed E-state index contributed by atoms with van der Waals surface area (Å²) in [6, 6.07) is 6.65. The van der Waals surface area contributed by atoms with E-state index in [-0.39, 0.29) is 30.4 Å². The van der Waals surface area contributed by atoms with Crippen molar-refractivity contribution in [1.29, 1.82) is 0 Å². The lowest BCUT2D eigenvalue weighted by atomic mass is 10.0. The van der Waals surface area contributed by atoms with E-state index in [0.717, 1.165) is 17.5 Å². The molecule has 1 saturated heterocycles. The van der Waals surface area contributed by atoms with Gasteiger partial charge in [-0.1, -0.05) is 17.3 Å². The highest BCUT2D eigenvalue weighted by Gasteiger charge is 2.34. The number of carbonyl (C=O) groups excluding carboxylic acids is 3. The molecule has 148 valence electrons. The number of rotatable bonds is 6. The zero-order chi connectivity index (χ0) is 20.3. The minimum atomic E-state index is -0.541. The molecule has 0 saturated carbocycles. The molecule has 2 aromatic rings. The summed E-state index contributed by atoms with van der Waals surface area (Å²) in [5, 5.41) is 6.44. The molecule has 3 rings (SSSR count). The summed E-state index contributed by atoms with van der Waals surface area (Å²) < 4.78 is 4.94. The molecule has 1 aliphatic rings. The minimum absolute atomic E-state index is 0.0604. The Balaban J connectivity index is 1.57. The van der Waals surface area contributed by atoms with E-state index < -0.39 is 6.04 Å². The first-order chi connectivity index (χ1) is 13.3. The van der Waals surface area contributed by atoms with Crippen LogP contribution in [0, 0.1) is 20.8 Å². The van der Waals surface area contributed by atoms with Gasteiger partial charge < -0.3 is 14.7 Å². The molecular formula is C21H25N3O4. The molecule has 0 spiro atoms. The van der Waals surface area contributed by atoms with Crippen LogP contribution in [0.2, 0.25) is 0 Å². The average molecular weight is 383 g/mol. The van der Waals surface area contributed by atoms with Crippen LogP contribution in [0.15, 0.2) is 28.8 Å². The predicted octanol–water partition coefficient (Wildman–Crippen LogP) is 3.19. The molecule has 1 unspecified atom stereocenters. The maximum absolute atomic E-state index is 12.6. The molecule has 0 bridgehead atoms. The Kier molecular flexibility index (Phi) is 5.92. The molecule has 1 atom stereocenters. The molecule has 28 heavy (non-hydrogen) atoms. The monoisotopic (exact) mass is 383 g/mol. The number of hydrogen-bond donors (Lipinski definition) is 1. The van der Waals surface area contributed by atoms with Gasteiger partial charge in [-0.15, -0.1) is 0 Å². The van der Waals surface area contributed by atoms with Crippen molar-refractivity contribution in [3.63, 3.8) is 0 Å². The number of likely N-dealkylation sites (tertiary alicyclic amines) is 1. The second-order valence-electron chi connectivity index (χ2n) is 7.28. The molecule has 7 nitrogen and oxygen atoms in total. The van der Waals surface area contributed by atoms with E-state index in [1.165, 1.54) is 0 Å². The van der Waals surface area contributed by atoms with Crippen molar-refractivity contribution in [2.75, 3.05) is 11.9 Å². The van der Waals surface area contributed by atoms with Gasteiger partial charge >= 0.3 is 0 Å². The third-order valence-corrected chi connectivity index (χ3v) is 5.15. The molecule has 0 radical (unpaired) electrons. The number of Topliss-reactive ketones (excluding diaryl/α,β-unsaturated/α-hetero) is 1. The molecule has 1 N–H and O–H groups in total. The third-order valence-electron chi connectivity index (χ3n) is 5.15. The van der Waals surface area contributed by atoms with E-state index >= 15 is 0 Å². The number of aryl methyl sites for hydroxylation is 3. The molecule has 1 fully saturated rings. The second-order valence-corrected chi connectivity index (χ2v) is 7.28. The average Bonchev–Trinajstić information content (AvgIpc) is 3.30. The summed E-state index contributed by atoms with van der Waals surface area (Å²) in [7, 11) is 0. The number of hydrogen-bond acceptors (Lipinski definition) is 5. The Morgan fingerprint density at radius 3 is 2.61 bits per heavy atom. The van der Waals surface area contributed by atoms with Gasteiger partial charge in [-0.2, -0.15) is 0 Å².